The van der Waals surface area contributed by atoms with E-state index in [-0.39, 0.29) is 25.7 Å². The average molecular weight is 1440 g/mol. The van der Waals surface area contributed by atoms with Gasteiger partial charge in [-0.25, -0.2) is 9.13 Å². The summed E-state index contributed by atoms with van der Waals surface area (Å²) in [5.41, 5.74) is 0. The van der Waals surface area contributed by atoms with Crippen LogP contribution in [0.5, 0.6) is 0 Å². The minimum Gasteiger partial charge on any atom is -0.462 e. The molecule has 5 atom stereocenters. The first kappa shape index (κ1) is 96.1. The number of ether oxygens (including phenoxy) is 4. The Morgan fingerprint density at radius 2 is 0.429 bits per heavy atom. The van der Waals surface area contributed by atoms with E-state index < -0.39 is 97.5 Å². The summed E-state index contributed by atoms with van der Waals surface area (Å²) in [6.45, 7) is 14.2. The lowest BCUT2D eigenvalue weighted by Crippen LogP contribution is -2.30. The van der Waals surface area contributed by atoms with Crippen molar-refractivity contribution < 1.29 is 80.2 Å². The highest BCUT2D eigenvalue weighted by molar-refractivity contribution is 7.47. The third-order valence-electron chi connectivity index (χ3n) is 18.3. The second kappa shape index (κ2) is 68.2. The molecule has 17 nitrogen and oxygen atoms in total. The Morgan fingerprint density at radius 3 is 0.633 bits per heavy atom. The van der Waals surface area contributed by atoms with Gasteiger partial charge < -0.3 is 33.8 Å². The number of esters is 4. The molecule has 582 valence electrons. The molecule has 0 saturated carbocycles. The lowest BCUT2D eigenvalue weighted by molar-refractivity contribution is -0.161. The standard InChI is InChI=1S/C79H154O17P2/c1-69(2)55-47-39-31-23-16-12-10-9-11-13-19-28-37-45-53-61-78(83)95-74(65-89-76(81)59-51-43-35-27-20-14-17-24-32-40-48-56-70(3)4)67-93-97(85,86)91-63-73(80)64-92-98(87,88)94-68-75(66-90-77(82)60-52-44-36-30-22-26-34-42-50-58-72(7)8)96-79(84)62-54-46-38-29-21-15-18-25-33-41-49-57-71(5)6/h69-75,80H,9-68H2,1-8H3,(H,85,86)(H,87,88)/t73-,74-,75-/m1/s1. The first-order valence-corrected chi connectivity index (χ1v) is 43.7. The molecule has 0 bridgehead atoms. The van der Waals surface area contributed by atoms with Crippen molar-refractivity contribution in [1.29, 1.82) is 0 Å². The van der Waals surface area contributed by atoms with E-state index in [0.29, 0.717) is 25.7 Å². The second-order valence-corrected chi connectivity index (χ2v) is 33.3. The number of carbonyl (C=O) groups is 4. The minimum atomic E-state index is -4.96. The molecule has 0 radical (unpaired) electrons. The number of hydrogen-bond acceptors (Lipinski definition) is 15. The fraction of sp³-hybridized carbons (Fsp3) is 0.949. The van der Waals surface area contributed by atoms with Crippen LogP contribution in [0, 0.1) is 23.7 Å². The summed E-state index contributed by atoms with van der Waals surface area (Å²) in [5, 5.41) is 10.6. The number of rotatable bonds is 76. The summed E-state index contributed by atoms with van der Waals surface area (Å²) < 4.78 is 68.7. The summed E-state index contributed by atoms with van der Waals surface area (Å²) in [5.74, 6) is 0.967. The van der Waals surface area contributed by atoms with Gasteiger partial charge in [0.2, 0.25) is 0 Å². The van der Waals surface area contributed by atoms with Gasteiger partial charge in [-0.3, -0.25) is 37.3 Å². The highest BCUT2D eigenvalue weighted by Gasteiger charge is 2.30. The number of aliphatic hydroxyl groups is 1. The molecule has 0 aliphatic rings. The van der Waals surface area contributed by atoms with E-state index in [2.05, 4.69) is 55.4 Å². The minimum absolute atomic E-state index is 0.106. The van der Waals surface area contributed by atoms with Crippen molar-refractivity contribution in [1.82, 2.24) is 0 Å². The van der Waals surface area contributed by atoms with Crippen LogP contribution in [0.4, 0.5) is 0 Å². The molecular weight excluding hydrogens is 1280 g/mol. The lowest BCUT2D eigenvalue weighted by Gasteiger charge is -2.21. The van der Waals surface area contributed by atoms with Gasteiger partial charge in [-0.15, -0.1) is 0 Å². The van der Waals surface area contributed by atoms with Crippen LogP contribution in [0.2, 0.25) is 0 Å². The Morgan fingerprint density at radius 1 is 0.255 bits per heavy atom. The van der Waals surface area contributed by atoms with Crippen molar-refractivity contribution in [3.63, 3.8) is 0 Å². The van der Waals surface area contributed by atoms with Crippen molar-refractivity contribution in [2.45, 2.75) is 420 Å². The maximum absolute atomic E-state index is 13.1. The predicted molar refractivity (Wildman–Crippen MR) is 400 cm³/mol. The number of aliphatic hydroxyl groups excluding tert-OH is 1. The monoisotopic (exact) mass is 1440 g/mol. The fourth-order valence-corrected chi connectivity index (χ4v) is 13.7. The van der Waals surface area contributed by atoms with E-state index in [1.54, 1.807) is 0 Å². The van der Waals surface area contributed by atoms with Gasteiger partial charge in [-0.2, -0.15) is 0 Å². The van der Waals surface area contributed by atoms with Gasteiger partial charge in [0, 0.05) is 25.7 Å². The molecule has 19 heteroatoms. The molecule has 0 heterocycles. The topological polar surface area (TPSA) is 237 Å². The molecule has 0 saturated heterocycles. The lowest BCUT2D eigenvalue weighted by atomic mass is 10.0. The van der Waals surface area contributed by atoms with Crippen LogP contribution in [-0.2, 0) is 65.4 Å². The average Bonchev–Trinajstić information content (AvgIpc) is 1.28. The van der Waals surface area contributed by atoms with Gasteiger partial charge in [-0.05, 0) is 49.4 Å². The molecule has 0 fully saturated rings. The van der Waals surface area contributed by atoms with Gasteiger partial charge in [0.25, 0.3) is 0 Å². The molecule has 98 heavy (non-hydrogen) atoms. The second-order valence-electron chi connectivity index (χ2n) is 30.4. The molecule has 0 spiro atoms. The number of phosphoric ester groups is 2. The first-order chi connectivity index (χ1) is 47.1. The van der Waals surface area contributed by atoms with Gasteiger partial charge in [0.15, 0.2) is 12.2 Å². The maximum Gasteiger partial charge on any atom is 0.472 e. The van der Waals surface area contributed by atoms with E-state index in [0.717, 1.165) is 114 Å². The molecular formula is C79H154O17P2. The van der Waals surface area contributed by atoms with Gasteiger partial charge in [0.1, 0.15) is 19.3 Å². The molecule has 2 unspecified atom stereocenters. The maximum atomic E-state index is 13.1. The number of hydrogen-bond donors (Lipinski definition) is 3. The fourth-order valence-electron chi connectivity index (χ4n) is 12.1. The van der Waals surface area contributed by atoms with E-state index in [1.807, 2.05) is 0 Å². The van der Waals surface area contributed by atoms with Crippen molar-refractivity contribution >= 4 is 39.5 Å². The van der Waals surface area contributed by atoms with Gasteiger partial charge >= 0.3 is 39.5 Å². The quantitative estimate of drug-likeness (QED) is 0.0222. The van der Waals surface area contributed by atoms with Crippen LogP contribution in [0.25, 0.3) is 0 Å². The Hall–Kier alpha value is -1.94. The number of unbranched alkanes of at least 4 members (excludes halogenated alkanes) is 42. The zero-order chi connectivity index (χ0) is 72.4. The zero-order valence-corrected chi connectivity index (χ0v) is 66.2. The summed E-state index contributed by atoms with van der Waals surface area (Å²) in [4.78, 5) is 73.0. The van der Waals surface area contributed by atoms with Crippen molar-refractivity contribution in [2.75, 3.05) is 39.6 Å². The Kier molecular flexibility index (Phi) is 66.8. The predicted octanol–water partition coefficient (Wildman–Crippen LogP) is 23.2. The van der Waals surface area contributed by atoms with Gasteiger partial charge in [0.05, 0.1) is 26.4 Å². The van der Waals surface area contributed by atoms with Crippen LogP contribution in [-0.4, -0.2) is 96.7 Å². The Bertz CT molecular complexity index is 1920. The smallest absolute Gasteiger partial charge is 0.462 e. The molecule has 3 N–H and O–H groups in total. The van der Waals surface area contributed by atoms with E-state index in [4.69, 9.17) is 37.0 Å². The third-order valence-corrected chi connectivity index (χ3v) is 20.2. The normalized spacial score (nSPS) is 14.1. The molecule has 0 aliphatic carbocycles. The van der Waals surface area contributed by atoms with Crippen LogP contribution in [0.15, 0.2) is 0 Å². The molecule has 0 amide bonds. The van der Waals surface area contributed by atoms with Crippen molar-refractivity contribution in [2.24, 2.45) is 23.7 Å². The van der Waals surface area contributed by atoms with Crippen LogP contribution < -0.4 is 0 Å². The van der Waals surface area contributed by atoms with Gasteiger partial charge in [-0.1, -0.05) is 351 Å². The van der Waals surface area contributed by atoms with E-state index >= 15 is 0 Å². The van der Waals surface area contributed by atoms with Crippen molar-refractivity contribution in [3.05, 3.63) is 0 Å². The first-order valence-electron chi connectivity index (χ1n) is 40.7. The van der Waals surface area contributed by atoms with Crippen molar-refractivity contribution in [3.8, 4) is 0 Å². The molecule has 0 aliphatic heterocycles. The summed E-state index contributed by atoms with van der Waals surface area (Å²) in [6, 6.07) is 0. The summed E-state index contributed by atoms with van der Waals surface area (Å²) in [7, 11) is -9.92. The molecule has 0 rings (SSSR count). The molecule has 0 aromatic carbocycles. The van der Waals surface area contributed by atoms with Crippen LogP contribution in [0.1, 0.15) is 402 Å². The zero-order valence-electron chi connectivity index (χ0n) is 64.4. The molecule has 0 aromatic rings. The van der Waals surface area contributed by atoms with Crippen LogP contribution >= 0.6 is 15.6 Å². The van der Waals surface area contributed by atoms with E-state index in [9.17, 15) is 43.2 Å². The summed E-state index contributed by atoms with van der Waals surface area (Å²) >= 11 is 0. The number of carbonyl (C=O) groups excluding carboxylic acids is 4. The van der Waals surface area contributed by atoms with Crippen LogP contribution in [0.3, 0.4) is 0 Å². The largest absolute Gasteiger partial charge is 0.472 e. The summed E-state index contributed by atoms with van der Waals surface area (Å²) in [6.07, 6.45) is 54.0. The Labute approximate surface area is 600 Å². The SMILES string of the molecule is CC(C)CCCCCCCCCCCCCCCCCC(=O)O[C@H](COC(=O)CCCCCCCCCCCCCC(C)C)COP(=O)(O)OC[C@@H](O)COP(=O)(O)OC[C@@H](COC(=O)CCCCCCCCCCCC(C)C)OC(=O)CCCCCCCCCCCCCC(C)C. The number of phosphoric acid groups is 2. The highest BCUT2D eigenvalue weighted by Crippen LogP contribution is 2.45. The third kappa shape index (κ3) is 72.4. The molecule has 0 aromatic heterocycles. The van der Waals surface area contributed by atoms with E-state index in [1.165, 1.54) is 205 Å². The highest BCUT2D eigenvalue weighted by atomic mass is 31.2. The Balaban J connectivity index is 5.27.